The Morgan fingerprint density at radius 2 is 2.08 bits per heavy atom. The van der Waals surface area contributed by atoms with Crippen molar-refractivity contribution >= 4 is 23.0 Å². The normalized spacial score (nSPS) is 10.8. The number of methoxy groups -OCH3 is 2. The molecule has 0 aliphatic rings. The molecule has 0 aliphatic carbocycles. The standard InChI is InChI=1S/C17H19N5O4/c1-24-6-7-26-17-20-14(18)13-15(21-17)22(10-19-13)9-11-4-3-5-12(8-11)16(23)25-2/h3-5,8,10H,6-7,9H2,1-2H3,(H2,18,20,21). The summed E-state index contributed by atoms with van der Waals surface area (Å²) in [5, 5.41) is 0. The second kappa shape index (κ2) is 7.79. The molecule has 0 aliphatic heterocycles. The number of nitrogen functional groups attached to an aromatic ring is 1. The number of anilines is 1. The second-order valence-electron chi connectivity index (χ2n) is 5.47. The van der Waals surface area contributed by atoms with Crippen LogP contribution in [0, 0.1) is 0 Å². The first-order valence-electron chi connectivity index (χ1n) is 7.89. The van der Waals surface area contributed by atoms with Crippen LogP contribution in [0.2, 0.25) is 0 Å². The largest absolute Gasteiger partial charge is 0.465 e. The lowest BCUT2D eigenvalue weighted by molar-refractivity contribution is 0.0600. The maximum Gasteiger partial charge on any atom is 0.337 e. The first-order valence-corrected chi connectivity index (χ1v) is 7.89. The van der Waals surface area contributed by atoms with Crippen molar-refractivity contribution in [3.63, 3.8) is 0 Å². The van der Waals surface area contributed by atoms with E-state index in [-0.39, 0.29) is 17.8 Å². The summed E-state index contributed by atoms with van der Waals surface area (Å²) < 4.78 is 17.0. The number of carbonyl (C=O) groups is 1. The molecule has 9 heteroatoms. The Kier molecular flexibility index (Phi) is 5.28. The Morgan fingerprint density at radius 1 is 1.23 bits per heavy atom. The highest BCUT2D eigenvalue weighted by molar-refractivity contribution is 5.89. The van der Waals surface area contributed by atoms with E-state index >= 15 is 0 Å². The van der Waals surface area contributed by atoms with Crippen LogP contribution in [0.25, 0.3) is 11.2 Å². The van der Waals surface area contributed by atoms with Gasteiger partial charge in [-0.2, -0.15) is 9.97 Å². The number of aromatic nitrogens is 4. The van der Waals surface area contributed by atoms with Crippen LogP contribution in [0.3, 0.4) is 0 Å². The molecular formula is C17H19N5O4. The predicted octanol–water partition coefficient (Wildman–Crippen LogP) is 1.27. The maximum absolute atomic E-state index is 11.7. The lowest BCUT2D eigenvalue weighted by Gasteiger charge is -2.08. The van der Waals surface area contributed by atoms with Crippen molar-refractivity contribution in [1.82, 2.24) is 19.5 Å². The summed E-state index contributed by atoms with van der Waals surface area (Å²) in [6.45, 7) is 1.19. The van der Waals surface area contributed by atoms with E-state index < -0.39 is 0 Å². The molecule has 136 valence electrons. The number of ether oxygens (including phenoxy) is 3. The fourth-order valence-electron chi connectivity index (χ4n) is 2.45. The zero-order valence-corrected chi connectivity index (χ0v) is 14.5. The Morgan fingerprint density at radius 3 is 2.85 bits per heavy atom. The van der Waals surface area contributed by atoms with Gasteiger partial charge in [0.2, 0.25) is 0 Å². The number of hydrogen-bond donors (Lipinski definition) is 1. The third kappa shape index (κ3) is 3.72. The van der Waals surface area contributed by atoms with Crippen molar-refractivity contribution in [2.45, 2.75) is 6.54 Å². The molecular weight excluding hydrogens is 338 g/mol. The minimum atomic E-state index is -0.386. The highest BCUT2D eigenvalue weighted by atomic mass is 16.5. The molecule has 0 fully saturated rings. The smallest absolute Gasteiger partial charge is 0.337 e. The van der Waals surface area contributed by atoms with E-state index in [9.17, 15) is 4.79 Å². The van der Waals surface area contributed by atoms with E-state index in [0.717, 1.165) is 5.56 Å². The van der Waals surface area contributed by atoms with Gasteiger partial charge < -0.3 is 24.5 Å². The Hall–Kier alpha value is -3.20. The highest BCUT2D eigenvalue weighted by Crippen LogP contribution is 2.20. The van der Waals surface area contributed by atoms with Gasteiger partial charge in [0.1, 0.15) is 6.61 Å². The van der Waals surface area contributed by atoms with E-state index in [4.69, 9.17) is 19.9 Å². The lowest BCUT2D eigenvalue weighted by atomic mass is 10.1. The predicted molar refractivity (Wildman–Crippen MR) is 94.0 cm³/mol. The lowest BCUT2D eigenvalue weighted by Crippen LogP contribution is -2.09. The fraction of sp³-hybridized carbons (Fsp3) is 0.294. The number of benzene rings is 1. The maximum atomic E-state index is 11.7. The first kappa shape index (κ1) is 17.6. The van der Waals surface area contributed by atoms with Crippen molar-refractivity contribution in [3.8, 4) is 6.01 Å². The molecule has 1 aromatic carbocycles. The average Bonchev–Trinajstić information content (AvgIpc) is 3.05. The van der Waals surface area contributed by atoms with Gasteiger partial charge in [-0.15, -0.1) is 0 Å². The van der Waals surface area contributed by atoms with Gasteiger partial charge in [-0.05, 0) is 17.7 Å². The van der Waals surface area contributed by atoms with Crippen LogP contribution in [-0.4, -0.2) is 52.9 Å². The van der Waals surface area contributed by atoms with Crippen molar-refractivity contribution in [3.05, 3.63) is 41.7 Å². The van der Waals surface area contributed by atoms with E-state index in [1.165, 1.54) is 7.11 Å². The van der Waals surface area contributed by atoms with Gasteiger partial charge in [0.05, 0.1) is 32.2 Å². The van der Waals surface area contributed by atoms with E-state index in [1.54, 1.807) is 31.6 Å². The zero-order chi connectivity index (χ0) is 18.5. The summed E-state index contributed by atoms with van der Waals surface area (Å²) >= 11 is 0. The highest BCUT2D eigenvalue weighted by Gasteiger charge is 2.13. The zero-order valence-electron chi connectivity index (χ0n) is 14.5. The molecule has 0 unspecified atom stereocenters. The third-order valence-electron chi connectivity index (χ3n) is 3.69. The molecule has 0 amide bonds. The molecule has 0 saturated carbocycles. The van der Waals surface area contributed by atoms with Crippen LogP contribution in [0.1, 0.15) is 15.9 Å². The number of nitrogens with two attached hydrogens (primary N) is 1. The summed E-state index contributed by atoms with van der Waals surface area (Å²) in [6, 6.07) is 7.32. The molecule has 0 saturated heterocycles. The molecule has 3 rings (SSSR count). The monoisotopic (exact) mass is 357 g/mol. The van der Waals surface area contributed by atoms with E-state index in [2.05, 4.69) is 15.0 Å². The number of rotatable bonds is 7. The van der Waals surface area contributed by atoms with Gasteiger partial charge in [-0.1, -0.05) is 12.1 Å². The molecule has 0 spiro atoms. The van der Waals surface area contributed by atoms with Gasteiger partial charge in [-0.25, -0.2) is 9.78 Å². The number of imidazole rings is 1. The van der Waals surface area contributed by atoms with Gasteiger partial charge in [0.15, 0.2) is 17.0 Å². The van der Waals surface area contributed by atoms with Crippen LogP contribution in [-0.2, 0) is 16.0 Å². The second-order valence-corrected chi connectivity index (χ2v) is 5.47. The Bertz CT molecular complexity index is 925. The van der Waals surface area contributed by atoms with Gasteiger partial charge in [0, 0.05) is 7.11 Å². The van der Waals surface area contributed by atoms with Gasteiger partial charge in [-0.3, -0.25) is 0 Å². The first-order chi connectivity index (χ1) is 12.6. The summed E-state index contributed by atoms with van der Waals surface area (Å²) in [6.07, 6.45) is 1.62. The molecule has 0 bridgehead atoms. The van der Waals surface area contributed by atoms with Crippen LogP contribution >= 0.6 is 0 Å². The van der Waals surface area contributed by atoms with Crippen molar-refractivity contribution in [2.24, 2.45) is 0 Å². The van der Waals surface area contributed by atoms with E-state index in [1.807, 2.05) is 10.6 Å². The molecule has 9 nitrogen and oxygen atoms in total. The molecule has 2 N–H and O–H groups in total. The Labute approximate surface area is 149 Å². The summed E-state index contributed by atoms with van der Waals surface area (Å²) in [7, 11) is 2.93. The number of carbonyl (C=O) groups excluding carboxylic acids is 1. The summed E-state index contributed by atoms with van der Waals surface area (Å²) in [4.78, 5) is 24.4. The van der Waals surface area contributed by atoms with Crippen LogP contribution in [0.15, 0.2) is 30.6 Å². The molecule has 26 heavy (non-hydrogen) atoms. The summed E-state index contributed by atoms with van der Waals surface area (Å²) in [5.41, 5.74) is 8.37. The van der Waals surface area contributed by atoms with Crippen molar-refractivity contribution in [1.29, 1.82) is 0 Å². The van der Waals surface area contributed by atoms with Crippen LogP contribution < -0.4 is 10.5 Å². The molecule has 2 aromatic heterocycles. The number of fused-ring (bicyclic) bond motifs is 1. The fourth-order valence-corrected chi connectivity index (χ4v) is 2.45. The van der Waals surface area contributed by atoms with Crippen LogP contribution in [0.5, 0.6) is 6.01 Å². The number of hydrogen-bond acceptors (Lipinski definition) is 8. The van der Waals surface area contributed by atoms with E-state index in [0.29, 0.717) is 36.5 Å². The van der Waals surface area contributed by atoms with Crippen molar-refractivity contribution < 1.29 is 19.0 Å². The SMILES string of the molecule is COCCOc1nc(N)c2ncn(Cc3cccc(C(=O)OC)c3)c2n1. The molecule has 3 aromatic rings. The van der Waals surface area contributed by atoms with Gasteiger partial charge in [0.25, 0.3) is 0 Å². The summed E-state index contributed by atoms with van der Waals surface area (Å²) in [5.74, 6) is -0.146. The Balaban J connectivity index is 1.89. The average molecular weight is 357 g/mol. The molecule has 2 heterocycles. The van der Waals surface area contributed by atoms with Crippen LogP contribution in [0.4, 0.5) is 5.82 Å². The minimum absolute atomic E-state index is 0.164. The van der Waals surface area contributed by atoms with Gasteiger partial charge >= 0.3 is 12.0 Å². The third-order valence-corrected chi connectivity index (χ3v) is 3.69. The molecule has 0 radical (unpaired) electrons. The minimum Gasteiger partial charge on any atom is -0.465 e. The molecule has 0 atom stereocenters. The van der Waals surface area contributed by atoms with Crippen molar-refractivity contribution in [2.75, 3.05) is 33.2 Å². The quantitative estimate of drug-likeness (QED) is 0.497. The topological polar surface area (TPSA) is 114 Å². The number of esters is 1. The number of nitrogens with zero attached hydrogens (tertiary/aromatic N) is 4.